The molecule has 4 atom stereocenters. The van der Waals surface area contributed by atoms with E-state index in [-0.39, 0.29) is 17.8 Å². The van der Waals surface area contributed by atoms with Gasteiger partial charge in [-0.1, -0.05) is 40.2 Å². The minimum Gasteiger partial charge on any atom is -0.497 e. The lowest BCUT2D eigenvalue weighted by Gasteiger charge is -2.35. The van der Waals surface area contributed by atoms with Crippen LogP contribution in [-0.4, -0.2) is 62.1 Å². The van der Waals surface area contributed by atoms with Gasteiger partial charge in [0.25, 0.3) is 5.91 Å². The number of methoxy groups -OCH3 is 1. The highest BCUT2D eigenvalue weighted by Gasteiger charge is 2.22. The fraction of sp³-hybridized carbons (Fsp3) is 0.588. The van der Waals surface area contributed by atoms with E-state index in [2.05, 4.69) is 62.4 Å². The van der Waals surface area contributed by atoms with Gasteiger partial charge >= 0.3 is 0 Å². The normalized spacial score (nSPS) is 18.0. The van der Waals surface area contributed by atoms with Crippen molar-refractivity contribution < 1.29 is 13.9 Å². The summed E-state index contributed by atoms with van der Waals surface area (Å²) in [5, 5.41) is 9.96. The molecule has 0 aliphatic carbocycles. The van der Waals surface area contributed by atoms with Crippen molar-refractivity contribution in [3.63, 3.8) is 0 Å². The van der Waals surface area contributed by atoms with Crippen molar-refractivity contribution in [2.75, 3.05) is 38.6 Å². The number of rotatable bonds is 13. The second kappa shape index (κ2) is 16.5. The van der Waals surface area contributed by atoms with E-state index < -0.39 is 0 Å². The quantitative estimate of drug-likeness (QED) is 0.190. The Morgan fingerprint density at radius 1 is 1.14 bits per heavy atom. The largest absolute Gasteiger partial charge is 0.497 e. The fourth-order valence-electron chi connectivity index (χ4n) is 5.79. The molecule has 2 aromatic carbocycles. The van der Waals surface area contributed by atoms with Crippen molar-refractivity contribution >= 4 is 17.6 Å². The molecule has 1 unspecified atom stereocenters. The average molecular weight is 582 g/mol. The maximum Gasteiger partial charge on any atom is 0.251 e. The molecule has 232 valence electrons. The first-order valence-electron chi connectivity index (χ1n) is 15.6. The number of carbonyl (C=O) groups excluding carboxylic acids is 1. The molecular weight excluding hydrogens is 529 g/mol. The summed E-state index contributed by atoms with van der Waals surface area (Å²) in [6.07, 6.45) is 3.91. The van der Waals surface area contributed by atoms with Crippen LogP contribution in [0.5, 0.6) is 5.75 Å². The van der Waals surface area contributed by atoms with Crippen LogP contribution in [-0.2, 0) is 6.42 Å². The molecule has 8 heteroatoms. The van der Waals surface area contributed by atoms with Gasteiger partial charge in [0.1, 0.15) is 11.6 Å². The second-order valence-corrected chi connectivity index (χ2v) is 12.3. The van der Waals surface area contributed by atoms with E-state index >= 15 is 0 Å². The maximum absolute atomic E-state index is 14.2. The van der Waals surface area contributed by atoms with Gasteiger partial charge in [-0.2, -0.15) is 0 Å². The molecule has 3 rings (SSSR count). The van der Waals surface area contributed by atoms with Gasteiger partial charge in [0.05, 0.1) is 13.2 Å². The van der Waals surface area contributed by atoms with Crippen molar-refractivity contribution in [2.45, 2.75) is 79.3 Å². The standard InChI is InChI=1S/C34H52FN5O2/c1-8-27(23(2)3)20-24(4)19-25(5)38-34(40-18-17-36-26(6)22-40)39-30-12-9-29(10-13-30)33(41)37-16-15-28-11-14-31(42-7)21-32(28)35/h9-14,21,23-27,36H,8,15-20,22H2,1-7H3,(H,37,41)(H,38,39)/t24-,25?,26-,27+/m0/s1. The van der Waals surface area contributed by atoms with Crippen LogP contribution in [0, 0.1) is 23.6 Å². The number of nitrogens with one attached hydrogen (secondary N) is 3. The molecule has 3 N–H and O–H groups in total. The summed E-state index contributed by atoms with van der Waals surface area (Å²) in [5.41, 5.74) is 1.99. The van der Waals surface area contributed by atoms with Crippen LogP contribution in [0.2, 0.25) is 0 Å². The molecule has 1 amide bonds. The Bertz CT molecular complexity index is 1150. The summed E-state index contributed by atoms with van der Waals surface area (Å²) < 4.78 is 19.3. The minimum atomic E-state index is -0.333. The molecule has 0 aromatic heterocycles. The molecule has 1 heterocycles. The highest BCUT2D eigenvalue weighted by molar-refractivity contribution is 5.96. The first-order valence-corrected chi connectivity index (χ1v) is 15.6. The van der Waals surface area contributed by atoms with Gasteiger partial charge in [-0.15, -0.1) is 0 Å². The van der Waals surface area contributed by atoms with Crippen LogP contribution in [0.15, 0.2) is 47.5 Å². The van der Waals surface area contributed by atoms with E-state index in [0.717, 1.165) is 43.6 Å². The molecule has 0 spiro atoms. The number of anilines is 1. The molecule has 2 aromatic rings. The average Bonchev–Trinajstić information content (AvgIpc) is 2.96. The molecule has 0 saturated carbocycles. The molecule has 1 aliphatic heterocycles. The molecule has 42 heavy (non-hydrogen) atoms. The van der Waals surface area contributed by atoms with Crippen molar-refractivity contribution in [2.24, 2.45) is 22.7 Å². The summed E-state index contributed by atoms with van der Waals surface area (Å²) in [5.74, 6) is 2.91. The zero-order chi connectivity index (χ0) is 30.6. The number of carbonyl (C=O) groups is 1. The molecule has 0 radical (unpaired) electrons. The summed E-state index contributed by atoms with van der Waals surface area (Å²) >= 11 is 0. The van der Waals surface area contributed by atoms with Gasteiger partial charge < -0.3 is 25.6 Å². The highest BCUT2D eigenvalue weighted by Crippen LogP contribution is 2.26. The van der Waals surface area contributed by atoms with Crippen LogP contribution in [0.3, 0.4) is 0 Å². The Labute approximate surface area is 252 Å². The van der Waals surface area contributed by atoms with Gasteiger partial charge in [0.15, 0.2) is 5.96 Å². The molecule has 0 bridgehead atoms. The molecule has 1 fully saturated rings. The maximum atomic E-state index is 14.2. The summed E-state index contributed by atoms with van der Waals surface area (Å²) in [6, 6.07) is 12.8. The Morgan fingerprint density at radius 3 is 2.50 bits per heavy atom. The van der Waals surface area contributed by atoms with Gasteiger partial charge in [-0.05, 0) is 86.8 Å². The second-order valence-electron chi connectivity index (χ2n) is 12.3. The topological polar surface area (TPSA) is 78.0 Å². The predicted molar refractivity (Wildman–Crippen MR) is 172 cm³/mol. The SMILES string of the molecule is CC[C@H](C[C@@H](C)CC(C)/N=C(/Nc1ccc(C(=O)NCCc2ccc(OC)cc2F)cc1)N1CCN[C@@H](C)C1)C(C)C. The summed E-state index contributed by atoms with van der Waals surface area (Å²) in [4.78, 5) is 20.2. The number of amides is 1. The van der Waals surface area contributed by atoms with Crippen LogP contribution in [0.25, 0.3) is 0 Å². The number of nitrogens with zero attached hydrogens (tertiary/aromatic N) is 2. The number of benzene rings is 2. The first-order chi connectivity index (χ1) is 20.1. The van der Waals surface area contributed by atoms with Crippen molar-refractivity contribution in [3.05, 3.63) is 59.4 Å². The number of halogens is 1. The van der Waals surface area contributed by atoms with Gasteiger partial charge in [-0.25, -0.2) is 9.38 Å². The van der Waals surface area contributed by atoms with Gasteiger partial charge in [0, 0.05) is 49.5 Å². The van der Waals surface area contributed by atoms with Crippen LogP contribution >= 0.6 is 0 Å². The zero-order valence-electron chi connectivity index (χ0n) is 26.7. The smallest absolute Gasteiger partial charge is 0.251 e. The Hall–Kier alpha value is -3.13. The van der Waals surface area contributed by atoms with Crippen molar-refractivity contribution in [1.29, 1.82) is 0 Å². The third-order valence-corrected chi connectivity index (χ3v) is 8.27. The highest BCUT2D eigenvalue weighted by atomic mass is 19.1. The number of hydrogen-bond donors (Lipinski definition) is 3. The van der Waals surface area contributed by atoms with Gasteiger partial charge in [0.2, 0.25) is 0 Å². The molecule has 7 nitrogen and oxygen atoms in total. The lowest BCUT2D eigenvalue weighted by atomic mass is 9.83. The minimum absolute atomic E-state index is 0.185. The Kier molecular flexibility index (Phi) is 13.1. The summed E-state index contributed by atoms with van der Waals surface area (Å²) in [7, 11) is 1.51. The van der Waals surface area contributed by atoms with E-state index in [1.807, 2.05) is 24.3 Å². The molecular formula is C34H52FN5O2. The predicted octanol–water partition coefficient (Wildman–Crippen LogP) is 6.36. The number of ether oxygens (including phenoxy) is 1. The third-order valence-electron chi connectivity index (χ3n) is 8.27. The van der Waals surface area contributed by atoms with E-state index in [4.69, 9.17) is 9.73 Å². The van der Waals surface area contributed by atoms with E-state index in [1.165, 1.54) is 26.0 Å². The first kappa shape index (κ1) is 33.4. The van der Waals surface area contributed by atoms with Crippen LogP contribution in [0.4, 0.5) is 10.1 Å². The number of hydrogen-bond acceptors (Lipinski definition) is 4. The van der Waals surface area contributed by atoms with E-state index in [0.29, 0.717) is 47.7 Å². The van der Waals surface area contributed by atoms with Crippen molar-refractivity contribution in [3.8, 4) is 5.75 Å². The molecule has 1 saturated heterocycles. The third kappa shape index (κ3) is 10.3. The van der Waals surface area contributed by atoms with Crippen molar-refractivity contribution in [1.82, 2.24) is 15.5 Å². The summed E-state index contributed by atoms with van der Waals surface area (Å²) in [6.45, 7) is 16.7. The lowest BCUT2D eigenvalue weighted by Crippen LogP contribution is -2.53. The zero-order valence-corrected chi connectivity index (χ0v) is 26.7. The van der Waals surface area contributed by atoms with Crippen LogP contribution in [0.1, 0.15) is 76.7 Å². The monoisotopic (exact) mass is 581 g/mol. The molecule has 1 aliphatic rings. The Balaban J connectivity index is 1.62. The van der Waals surface area contributed by atoms with Gasteiger partial charge in [-0.3, -0.25) is 4.79 Å². The number of aliphatic imine (C=N–C) groups is 1. The number of piperazine rings is 1. The van der Waals surface area contributed by atoms with E-state index in [9.17, 15) is 9.18 Å². The van der Waals surface area contributed by atoms with Crippen LogP contribution < -0.4 is 20.7 Å². The van der Waals surface area contributed by atoms with E-state index in [1.54, 1.807) is 12.1 Å². The fourth-order valence-corrected chi connectivity index (χ4v) is 5.79. The lowest BCUT2D eigenvalue weighted by molar-refractivity contribution is 0.0954. The Morgan fingerprint density at radius 2 is 1.88 bits per heavy atom. The number of guanidine groups is 1.